The van der Waals surface area contributed by atoms with Crippen LogP contribution in [0, 0.1) is 5.41 Å². The molecule has 3 N–H and O–H groups in total. The van der Waals surface area contributed by atoms with Gasteiger partial charge in [0, 0.05) is 30.5 Å². The predicted octanol–water partition coefficient (Wildman–Crippen LogP) is 1.56. The highest BCUT2D eigenvalue weighted by Crippen LogP contribution is 2.23. The summed E-state index contributed by atoms with van der Waals surface area (Å²) >= 11 is 1.71. The van der Waals surface area contributed by atoms with Crippen LogP contribution in [-0.4, -0.2) is 52.0 Å². The zero-order valence-electron chi connectivity index (χ0n) is 12.6. The van der Waals surface area contributed by atoms with Gasteiger partial charge in [0.05, 0.1) is 12.5 Å². The lowest BCUT2D eigenvalue weighted by Gasteiger charge is -2.35. The standard InChI is InChI=1S/C14H26N2O3S/c1-14(2,3)8-10(15)6-12(17)16-4-5-20-9-11(16)7-13(18)19/h10-11H,4-9,15H2,1-3H3,(H,18,19). The minimum absolute atomic E-state index is 0.00620. The minimum atomic E-state index is -0.853. The third kappa shape index (κ3) is 6.13. The average molecular weight is 302 g/mol. The Morgan fingerprint density at radius 1 is 1.45 bits per heavy atom. The summed E-state index contributed by atoms with van der Waals surface area (Å²) in [6.45, 7) is 6.93. The zero-order valence-corrected chi connectivity index (χ0v) is 13.4. The van der Waals surface area contributed by atoms with Gasteiger partial charge in [0.15, 0.2) is 0 Å². The minimum Gasteiger partial charge on any atom is -0.481 e. The average Bonchev–Trinajstić information content (AvgIpc) is 2.25. The molecule has 0 saturated carbocycles. The summed E-state index contributed by atoms with van der Waals surface area (Å²) in [6.07, 6.45) is 1.11. The van der Waals surface area contributed by atoms with Crippen molar-refractivity contribution in [3.63, 3.8) is 0 Å². The molecule has 0 aliphatic carbocycles. The van der Waals surface area contributed by atoms with Crippen LogP contribution in [0.15, 0.2) is 0 Å². The van der Waals surface area contributed by atoms with Gasteiger partial charge in [-0.05, 0) is 11.8 Å². The lowest BCUT2D eigenvalue weighted by molar-refractivity contribution is -0.140. The van der Waals surface area contributed by atoms with Crippen LogP contribution >= 0.6 is 11.8 Å². The quantitative estimate of drug-likeness (QED) is 0.805. The Hall–Kier alpha value is -0.750. The maximum atomic E-state index is 12.3. The van der Waals surface area contributed by atoms with E-state index < -0.39 is 5.97 Å². The van der Waals surface area contributed by atoms with Gasteiger partial charge < -0.3 is 15.7 Å². The molecule has 116 valence electrons. The SMILES string of the molecule is CC(C)(C)CC(N)CC(=O)N1CCSCC1CC(=O)O. The molecule has 0 radical (unpaired) electrons. The highest BCUT2D eigenvalue weighted by Gasteiger charge is 2.30. The fourth-order valence-corrected chi connectivity index (χ4v) is 3.62. The van der Waals surface area contributed by atoms with E-state index in [1.165, 1.54) is 0 Å². The molecule has 1 saturated heterocycles. The normalized spacial score (nSPS) is 21.6. The van der Waals surface area contributed by atoms with E-state index in [1.807, 2.05) is 0 Å². The Kier molecular flexibility index (Phi) is 6.33. The van der Waals surface area contributed by atoms with Crippen LogP contribution in [0.2, 0.25) is 0 Å². The van der Waals surface area contributed by atoms with E-state index >= 15 is 0 Å². The van der Waals surface area contributed by atoms with E-state index in [9.17, 15) is 9.59 Å². The fourth-order valence-electron chi connectivity index (χ4n) is 2.55. The number of rotatable bonds is 5. The molecule has 1 aliphatic rings. The van der Waals surface area contributed by atoms with Crippen molar-refractivity contribution < 1.29 is 14.7 Å². The Balaban J connectivity index is 2.57. The summed E-state index contributed by atoms with van der Waals surface area (Å²) in [5.74, 6) is 0.714. The van der Waals surface area contributed by atoms with Crippen molar-refractivity contribution in [2.45, 2.75) is 52.1 Å². The fraction of sp³-hybridized carbons (Fsp3) is 0.857. The topological polar surface area (TPSA) is 83.6 Å². The van der Waals surface area contributed by atoms with Crippen LogP contribution in [0.25, 0.3) is 0 Å². The maximum Gasteiger partial charge on any atom is 0.305 e. The van der Waals surface area contributed by atoms with Gasteiger partial charge in [-0.2, -0.15) is 11.8 Å². The Bertz CT molecular complexity index is 355. The maximum absolute atomic E-state index is 12.3. The number of hydrogen-bond donors (Lipinski definition) is 2. The number of aliphatic carboxylic acids is 1. The second-order valence-corrected chi connectivity index (χ2v) is 7.79. The van der Waals surface area contributed by atoms with Gasteiger partial charge in [-0.1, -0.05) is 20.8 Å². The molecular weight excluding hydrogens is 276 g/mol. The van der Waals surface area contributed by atoms with Crippen LogP contribution in [0.1, 0.15) is 40.0 Å². The summed E-state index contributed by atoms with van der Waals surface area (Å²) in [5, 5.41) is 8.93. The number of carbonyl (C=O) groups excluding carboxylic acids is 1. The monoisotopic (exact) mass is 302 g/mol. The summed E-state index contributed by atoms with van der Waals surface area (Å²) < 4.78 is 0. The lowest BCUT2D eigenvalue weighted by atomic mass is 9.87. The molecule has 2 unspecified atom stereocenters. The number of carboxylic acids is 1. The van der Waals surface area contributed by atoms with Gasteiger partial charge in [0.25, 0.3) is 0 Å². The molecule has 6 heteroatoms. The molecule has 0 aromatic carbocycles. The van der Waals surface area contributed by atoms with Crippen molar-refractivity contribution in [3.8, 4) is 0 Å². The molecule has 1 amide bonds. The first-order valence-corrected chi connectivity index (χ1v) is 8.19. The van der Waals surface area contributed by atoms with Crippen LogP contribution in [0.3, 0.4) is 0 Å². The highest BCUT2D eigenvalue weighted by molar-refractivity contribution is 7.99. The van der Waals surface area contributed by atoms with Crippen molar-refractivity contribution in [2.24, 2.45) is 11.1 Å². The van der Waals surface area contributed by atoms with E-state index in [0.29, 0.717) is 18.7 Å². The Morgan fingerprint density at radius 2 is 2.10 bits per heavy atom. The van der Waals surface area contributed by atoms with E-state index in [-0.39, 0.29) is 29.8 Å². The molecule has 5 nitrogen and oxygen atoms in total. The van der Waals surface area contributed by atoms with Crippen molar-refractivity contribution in [3.05, 3.63) is 0 Å². The van der Waals surface area contributed by atoms with E-state index in [0.717, 1.165) is 12.2 Å². The first-order chi connectivity index (χ1) is 9.19. The molecule has 1 fully saturated rings. The van der Waals surface area contributed by atoms with Gasteiger partial charge in [0.2, 0.25) is 5.91 Å². The van der Waals surface area contributed by atoms with E-state index in [4.69, 9.17) is 10.8 Å². The molecule has 1 heterocycles. The largest absolute Gasteiger partial charge is 0.481 e. The van der Waals surface area contributed by atoms with Crippen LogP contribution in [-0.2, 0) is 9.59 Å². The van der Waals surface area contributed by atoms with Crippen LogP contribution in [0.4, 0.5) is 0 Å². The van der Waals surface area contributed by atoms with Crippen molar-refractivity contribution >= 4 is 23.6 Å². The van der Waals surface area contributed by atoms with Crippen LogP contribution in [0.5, 0.6) is 0 Å². The summed E-state index contributed by atoms with van der Waals surface area (Å²) in [7, 11) is 0. The molecule has 0 aromatic heterocycles. The first-order valence-electron chi connectivity index (χ1n) is 7.03. The van der Waals surface area contributed by atoms with Crippen molar-refractivity contribution in [1.29, 1.82) is 0 Å². The van der Waals surface area contributed by atoms with Gasteiger partial charge >= 0.3 is 5.97 Å². The Morgan fingerprint density at radius 3 is 2.65 bits per heavy atom. The smallest absolute Gasteiger partial charge is 0.305 e. The molecule has 2 atom stereocenters. The number of nitrogens with two attached hydrogens (primary N) is 1. The summed E-state index contributed by atoms with van der Waals surface area (Å²) in [5.41, 5.74) is 6.14. The number of carboxylic acid groups (broad SMARTS) is 1. The zero-order chi connectivity index (χ0) is 15.3. The Labute approximate surface area is 125 Å². The second-order valence-electron chi connectivity index (χ2n) is 6.64. The van der Waals surface area contributed by atoms with Crippen molar-refractivity contribution in [1.82, 2.24) is 4.90 Å². The molecule has 1 aliphatic heterocycles. The third-order valence-electron chi connectivity index (χ3n) is 3.27. The number of amides is 1. The second kappa shape index (κ2) is 7.31. The molecule has 0 spiro atoms. The third-order valence-corrected chi connectivity index (χ3v) is 4.36. The van der Waals surface area contributed by atoms with Crippen molar-refractivity contribution in [2.75, 3.05) is 18.1 Å². The van der Waals surface area contributed by atoms with E-state index in [1.54, 1.807) is 16.7 Å². The first kappa shape index (κ1) is 17.3. The molecule has 0 aromatic rings. The number of hydrogen-bond acceptors (Lipinski definition) is 4. The van der Waals surface area contributed by atoms with Gasteiger partial charge in [-0.25, -0.2) is 0 Å². The molecular formula is C14H26N2O3S. The highest BCUT2D eigenvalue weighted by atomic mass is 32.2. The lowest BCUT2D eigenvalue weighted by Crippen LogP contribution is -2.48. The molecule has 1 rings (SSSR count). The van der Waals surface area contributed by atoms with Gasteiger partial charge in [-0.3, -0.25) is 9.59 Å². The number of thioether (sulfide) groups is 1. The van der Waals surface area contributed by atoms with Gasteiger partial charge in [-0.15, -0.1) is 0 Å². The predicted molar refractivity (Wildman–Crippen MR) is 81.7 cm³/mol. The van der Waals surface area contributed by atoms with Gasteiger partial charge in [0.1, 0.15) is 0 Å². The van der Waals surface area contributed by atoms with Crippen LogP contribution < -0.4 is 5.73 Å². The summed E-state index contributed by atoms with van der Waals surface area (Å²) in [6, 6.07) is -0.358. The number of nitrogens with zero attached hydrogens (tertiary/aromatic N) is 1. The van der Waals surface area contributed by atoms with E-state index in [2.05, 4.69) is 20.8 Å². The molecule has 20 heavy (non-hydrogen) atoms. The summed E-state index contributed by atoms with van der Waals surface area (Å²) in [4.78, 5) is 24.9. The number of carbonyl (C=O) groups is 2. The molecule has 0 bridgehead atoms.